The molecule has 1 aromatic rings. The molecule has 0 unspecified atom stereocenters. The molecule has 0 aliphatic rings. The Balaban J connectivity index is 0.00000554. The number of alkyl halides is 3. The van der Waals surface area contributed by atoms with E-state index < -0.39 is 36.1 Å². The number of nitrogens with zero attached hydrogens (tertiary/aromatic N) is 8. The third-order valence-corrected chi connectivity index (χ3v) is 8.59. The van der Waals surface area contributed by atoms with Gasteiger partial charge in [-0.15, -0.1) is 0 Å². The van der Waals surface area contributed by atoms with E-state index in [9.17, 15) is 27.9 Å². The molecule has 0 saturated carbocycles. The molecule has 0 radical (unpaired) electrons. The van der Waals surface area contributed by atoms with E-state index in [1.165, 1.54) is 0 Å². The van der Waals surface area contributed by atoms with Crippen molar-refractivity contribution < 1.29 is 42.9 Å². The monoisotopic (exact) mass is 945 g/mol. The van der Waals surface area contributed by atoms with Crippen LogP contribution in [0.3, 0.4) is 0 Å². The number of halogens is 3. The maximum absolute atomic E-state index is 11.4. The number of primary amides is 1. The van der Waals surface area contributed by atoms with Crippen LogP contribution in [-0.2, 0) is 20.8 Å². The summed E-state index contributed by atoms with van der Waals surface area (Å²) in [6.45, 7) is 5.25. The number of guanidine groups is 5. The average Bonchev–Trinajstić information content (AvgIpc) is 3.21. The van der Waals surface area contributed by atoms with E-state index >= 15 is 0 Å². The quantitative estimate of drug-likeness (QED) is 0.0114. The number of aromatic hydroxyl groups is 1. The molecule has 23 N–H and O–H groups in total. The number of phenolic OH excluding ortho intramolecular Hbond substituents is 1. The van der Waals surface area contributed by atoms with E-state index in [-0.39, 0.29) is 112 Å². The zero-order chi connectivity index (χ0) is 50.2. The van der Waals surface area contributed by atoms with Gasteiger partial charge >= 0.3 is 18.1 Å². The van der Waals surface area contributed by atoms with Crippen LogP contribution in [0.4, 0.5) is 13.2 Å². The van der Waals surface area contributed by atoms with E-state index in [4.69, 9.17) is 66.4 Å². The molecule has 0 aliphatic carbocycles. The Kier molecular flexibility index (Phi) is 29.0. The number of carboxylic acids is 2. The first-order valence-electron chi connectivity index (χ1n) is 20.6. The number of nitrogens with one attached hydrogen (secondary N) is 4. The Labute approximate surface area is 380 Å². The second-order valence-electron chi connectivity index (χ2n) is 15.1. The molecule has 66 heavy (non-hydrogen) atoms. The van der Waals surface area contributed by atoms with Crippen molar-refractivity contribution in [1.82, 2.24) is 21.3 Å². The SMILES string of the molecule is CC(C)C[C@@H](CN=C(N)N[C@H](CN=[N+]=[N-])CC(N)=O)NC(N)=NC[C@H](Cc1ccc(O)cc1)NC(N)=NC[C@H](CCCCN)NC(N)=NC[C@H](CCC(=O)O)N=C(N)N.O=C(O)C(F)(F)F. The van der Waals surface area contributed by atoms with Crippen LogP contribution >= 0.6 is 0 Å². The number of azide groups is 1. The van der Waals surface area contributed by atoms with E-state index in [0.717, 1.165) is 18.4 Å². The van der Waals surface area contributed by atoms with Gasteiger partial charge in [0.2, 0.25) is 5.91 Å². The summed E-state index contributed by atoms with van der Waals surface area (Å²) in [5, 5.41) is 42.0. The van der Waals surface area contributed by atoms with Gasteiger partial charge in [-0.1, -0.05) is 37.5 Å². The van der Waals surface area contributed by atoms with Crippen molar-refractivity contribution >= 4 is 47.6 Å². The maximum atomic E-state index is 11.4. The summed E-state index contributed by atoms with van der Waals surface area (Å²) in [5.41, 5.74) is 56.7. The molecule has 1 amide bonds. The third kappa shape index (κ3) is 31.6. The van der Waals surface area contributed by atoms with Crippen LogP contribution in [0, 0.1) is 5.92 Å². The van der Waals surface area contributed by atoms with Gasteiger partial charge in [0.1, 0.15) is 5.75 Å². The minimum atomic E-state index is -5.08. The van der Waals surface area contributed by atoms with Gasteiger partial charge in [0.15, 0.2) is 29.8 Å². The van der Waals surface area contributed by atoms with E-state index in [1.54, 1.807) is 24.3 Å². The fraction of sp³-hybridized carbons (Fsp3) is 0.622. The molecular weight excluding hydrogens is 878 g/mol. The molecule has 0 fully saturated rings. The zero-order valence-electron chi connectivity index (χ0n) is 37.1. The Hall–Kier alpha value is -7.16. The van der Waals surface area contributed by atoms with Gasteiger partial charge in [0, 0.05) is 42.4 Å². The van der Waals surface area contributed by atoms with Gasteiger partial charge in [-0.2, -0.15) is 13.2 Å². The lowest BCUT2D eigenvalue weighted by molar-refractivity contribution is -0.192. The Morgan fingerprint density at radius 2 is 1.21 bits per heavy atom. The number of hydrogen-bond donors (Lipinski definition) is 15. The van der Waals surface area contributed by atoms with E-state index in [1.807, 2.05) is 13.8 Å². The number of nitrogens with two attached hydrogens (primary N) is 8. The molecule has 1 aromatic carbocycles. The highest BCUT2D eigenvalue weighted by atomic mass is 19.4. The molecule has 0 aliphatic heterocycles. The fourth-order valence-electron chi connectivity index (χ4n) is 5.66. The minimum absolute atomic E-state index is 0.0413. The Morgan fingerprint density at radius 1 is 0.727 bits per heavy atom. The van der Waals surface area contributed by atoms with Crippen LogP contribution in [0.25, 0.3) is 10.4 Å². The summed E-state index contributed by atoms with van der Waals surface area (Å²) < 4.78 is 31.7. The number of unbranched alkanes of at least 4 members (excludes halogenated alkanes) is 1. The van der Waals surface area contributed by atoms with Crippen LogP contribution < -0.4 is 67.1 Å². The molecule has 29 heteroatoms. The number of benzene rings is 1. The summed E-state index contributed by atoms with van der Waals surface area (Å²) in [7, 11) is 0. The van der Waals surface area contributed by atoms with Crippen LogP contribution in [0.1, 0.15) is 64.4 Å². The lowest BCUT2D eigenvalue weighted by atomic mass is 10.0. The number of hydrogen-bond acceptors (Lipinski definition) is 11. The van der Waals surface area contributed by atoms with Gasteiger partial charge in [0.05, 0.1) is 38.3 Å². The van der Waals surface area contributed by atoms with Crippen molar-refractivity contribution in [2.45, 2.75) is 102 Å². The number of rotatable bonds is 28. The van der Waals surface area contributed by atoms with Crippen molar-refractivity contribution in [1.29, 1.82) is 0 Å². The number of carbonyl (C=O) groups excluding carboxylic acids is 1. The number of amides is 1. The molecule has 372 valence electrons. The summed E-state index contributed by atoms with van der Waals surface area (Å²) >= 11 is 0. The second kappa shape index (κ2) is 32.5. The molecule has 0 heterocycles. The summed E-state index contributed by atoms with van der Waals surface area (Å²) in [4.78, 5) is 56.1. The normalized spacial score (nSPS) is 14.5. The first kappa shape index (κ1) is 58.8. The van der Waals surface area contributed by atoms with Crippen molar-refractivity contribution in [2.75, 3.05) is 39.3 Å². The minimum Gasteiger partial charge on any atom is -0.508 e. The lowest BCUT2D eigenvalue weighted by Gasteiger charge is -2.22. The lowest BCUT2D eigenvalue weighted by Crippen LogP contribution is -2.47. The summed E-state index contributed by atoms with van der Waals surface area (Å²) in [6.07, 6.45) is -1.81. The van der Waals surface area contributed by atoms with Crippen LogP contribution in [0.15, 0.2) is 54.3 Å². The molecule has 0 bridgehead atoms. The fourth-order valence-corrected chi connectivity index (χ4v) is 5.66. The number of aliphatic imine (C=N–C) groups is 5. The second-order valence-corrected chi connectivity index (χ2v) is 15.1. The number of carbonyl (C=O) groups is 3. The molecular formula is C37H67F3N20O6. The highest BCUT2D eigenvalue weighted by molar-refractivity contribution is 5.81. The molecule has 5 atom stereocenters. The largest absolute Gasteiger partial charge is 0.508 e. The number of carboxylic acid groups (broad SMARTS) is 2. The molecule has 0 saturated heterocycles. The van der Waals surface area contributed by atoms with Crippen molar-refractivity contribution in [2.24, 2.45) is 81.9 Å². The van der Waals surface area contributed by atoms with Crippen molar-refractivity contribution in [3.05, 3.63) is 40.3 Å². The standard InChI is InChI=1S/C35H66N20O4.C2HF3O2/c1-21(2)13-25(18-47-35(43)54-27(15-29(37)57)20-49-55-44)52-34(42)48-19-26(14-22-6-9-28(56)10-7-22)53-33(41)45-16-23(5-3-4-12-36)51-32(40)46-17-24(50-31(38)39)8-11-30(58)59;3-2(4,5)1(6)7/h6-7,9-10,21,23-27,56H,3-5,8,11-20,36H2,1-2H3,(H2,37,57)(H,58,59)(H4,38,39,50)(H3,40,46,51)(H3,41,45,53)(H3,42,48,52)(H3,43,47,54);(H,6,7)/t23-,24-,25-,26-,27-;/m0./s1. The van der Waals surface area contributed by atoms with Crippen LogP contribution in [0.2, 0.25) is 0 Å². The molecule has 0 spiro atoms. The summed E-state index contributed by atoms with van der Waals surface area (Å²) in [6, 6.07) is 4.65. The van der Waals surface area contributed by atoms with Crippen LogP contribution in [0.5, 0.6) is 5.75 Å². The Bertz CT molecular complexity index is 1820. The predicted molar refractivity (Wildman–Crippen MR) is 246 cm³/mol. The maximum Gasteiger partial charge on any atom is 0.490 e. The summed E-state index contributed by atoms with van der Waals surface area (Å²) in [5.74, 6) is -3.67. The zero-order valence-corrected chi connectivity index (χ0v) is 37.1. The number of phenols is 1. The third-order valence-electron chi connectivity index (χ3n) is 8.59. The van der Waals surface area contributed by atoms with Gasteiger partial charge < -0.3 is 82.5 Å². The molecule has 1 rings (SSSR count). The molecule has 0 aromatic heterocycles. The van der Waals surface area contributed by atoms with Gasteiger partial charge in [-0.05, 0) is 67.8 Å². The highest BCUT2D eigenvalue weighted by Crippen LogP contribution is 2.14. The van der Waals surface area contributed by atoms with E-state index in [2.05, 4.69) is 56.3 Å². The highest BCUT2D eigenvalue weighted by Gasteiger charge is 2.38. The Morgan fingerprint density at radius 3 is 1.68 bits per heavy atom. The first-order valence-corrected chi connectivity index (χ1v) is 20.6. The van der Waals surface area contributed by atoms with Gasteiger partial charge in [-0.25, -0.2) is 9.79 Å². The van der Waals surface area contributed by atoms with Gasteiger partial charge in [0.25, 0.3) is 0 Å². The average molecular weight is 945 g/mol. The predicted octanol–water partition coefficient (Wildman–Crippen LogP) is -1.47. The topological polar surface area (TPSA) is 479 Å². The molecule has 26 nitrogen and oxygen atoms in total. The van der Waals surface area contributed by atoms with Crippen LogP contribution in [-0.4, -0.2) is 139 Å². The van der Waals surface area contributed by atoms with Gasteiger partial charge in [-0.3, -0.25) is 29.6 Å². The number of aliphatic carboxylic acids is 2. The smallest absolute Gasteiger partial charge is 0.490 e. The van der Waals surface area contributed by atoms with Crippen molar-refractivity contribution in [3.63, 3.8) is 0 Å². The van der Waals surface area contributed by atoms with E-state index in [0.29, 0.717) is 25.8 Å². The first-order chi connectivity index (χ1) is 30.9. The van der Waals surface area contributed by atoms with Crippen molar-refractivity contribution in [3.8, 4) is 5.75 Å².